The SMILES string of the molecule is COc1ccc(-c2ccc(OC(=O)c3ccc(OCOCC4CCC5OC5C4)cc3)cc2)cc1. The van der Waals surface area contributed by atoms with Gasteiger partial charge in [-0.2, -0.15) is 0 Å². The maximum Gasteiger partial charge on any atom is 0.343 e. The summed E-state index contributed by atoms with van der Waals surface area (Å²) in [4.78, 5) is 12.5. The highest BCUT2D eigenvalue weighted by Crippen LogP contribution is 2.39. The Morgan fingerprint density at radius 3 is 2.12 bits per heavy atom. The smallest absolute Gasteiger partial charge is 0.343 e. The third-order valence-corrected chi connectivity index (χ3v) is 6.35. The summed E-state index contributed by atoms with van der Waals surface area (Å²) in [5, 5.41) is 0. The average molecular weight is 461 g/mol. The van der Waals surface area contributed by atoms with Gasteiger partial charge in [0.05, 0.1) is 31.5 Å². The molecule has 0 bridgehead atoms. The number of epoxide rings is 1. The molecule has 1 heterocycles. The van der Waals surface area contributed by atoms with Crippen LogP contribution in [0, 0.1) is 5.92 Å². The Morgan fingerprint density at radius 2 is 1.47 bits per heavy atom. The van der Waals surface area contributed by atoms with Crippen LogP contribution in [0.25, 0.3) is 11.1 Å². The molecule has 6 nitrogen and oxygen atoms in total. The van der Waals surface area contributed by atoms with Crippen molar-refractivity contribution in [3.05, 3.63) is 78.4 Å². The quantitative estimate of drug-likeness (QED) is 0.138. The number of carbonyl (C=O) groups excluding carboxylic acids is 1. The van der Waals surface area contributed by atoms with Crippen LogP contribution >= 0.6 is 0 Å². The van der Waals surface area contributed by atoms with Gasteiger partial charge in [0.1, 0.15) is 17.2 Å². The van der Waals surface area contributed by atoms with E-state index in [1.165, 1.54) is 0 Å². The monoisotopic (exact) mass is 460 g/mol. The molecular formula is C28H28O6. The summed E-state index contributed by atoms with van der Waals surface area (Å²) in [5.74, 6) is 2.08. The standard InChI is InChI=1S/C28H28O6/c1-30-23-9-3-20(4-10-23)21-5-13-25(14-6-21)33-28(29)22-7-11-24(12-8-22)32-18-31-17-19-2-15-26-27(16-19)34-26/h3-14,19,26-27H,2,15-18H2,1H3. The summed E-state index contributed by atoms with van der Waals surface area (Å²) in [7, 11) is 1.64. The minimum absolute atomic E-state index is 0.190. The van der Waals surface area contributed by atoms with E-state index < -0.39 is 5.97 Å². The molecule has 0 radical (unpaired) electrons. The lowest BCUT2D eigenvalue weighted by Crippen LogP contribution is -2.19. The molecule has 176 valence electrons. The lowest BCUT2D eigenvalue weighted by atomic mass is 9.90. The first-order valence-corrected chi connectivity index (χ1v) is 11.6. The lowest BCUT2D eigenvalue weighted by Gasteiger charge is -2.18. The lowest BCUT2D eigenvalue weighted by molar-refractivity contribution is -0.00682. The van der Waals surface area contributed by atoms with E-state index in [2.05, 4.69) is 0 Å². The zero-order valence-electron chi connectivity index (χ0n) is 19.1. The Bertz CT molecular complexity index is 1090. The van der Waals surface area contributed by atoms with Crippen molar-refractivity contribution in [3.8, 4) is 28.4 Å². The van der Waals surface area contributed by atoms with E-state index in [1.54, 1.807) is 43.5 Å². The van der Waals surface area contributed by atoms with E-state index in [-0.39, 0.29) is 6.79 Å². The maximum absolute atomic E-state index is 12.5. The summed E-state index contributed by atoms with van der Waals surface area (Å²) in [6, 6.07) is 22.1. The Morgan fingerprint density at radius 1 is 0.824 bits per heavy atom. The van der Waals surface area contributed by atoms with Gasteiger partial charge in [0.2, 0.25) is 0 Å². The Hall–Kier alpha value is -3.35. The number of carbonyl (C=O) groups is 1. The predicted molar refractivity (Wildman–Crippen MR) is 127 cm³/mol. The minimum atomic E-state index is -0.419. The van der Waals surface area contributed by atoms with Crippen LogP contribution in [0.4, 0.5) is 0 Å². The average Bonchev–Trinajstić information content (AvgIpc) is 3.66. The van der Waals surface area contributed by atoms with Gasteiger partial charge in [-0.25, -0.2) is 4.79 Å². The summed E-state index contributed by atoms with van der Waals surface area (Å²) >= 11 is 0. The van der Waals surface area contributed by atoms with Crippen LogP contribution in [0.15, 0.2) is 72.8 Å². The normalized spacial score (nSPS) is 20.8. The molecule has 2 aliphatic rings. The number of hydrogen-bond acceptors (Lipinski definition) is 6. The molecule has 0 N–H and O–H groups in total. The van der Waals surface area contributed by atoms with E-state index in [0.717, 1.165) is 36.1 Å². The molecule has 1 aliphatic heterocycles. The van der Waals surface area contributed by atoms with Crippen LogP contribution in [0.2, 0.25) is 0 Å². The fraction of sp³-hybridized carbons (Fsp3) is 0.321. The van der Waals surface area contributed by atoms with Crippen molar-refractivity contribution in [2.24, 2.45) is 5.92 Å². The highest BCUT2D eigenvalue weighted by atomic mass is 16.7. The van der Waals surface area contributed by atoms with Crippen molar-refractivity contribution in [3.63, 3.8) is 0 Å². The van der Waals surface area contributed by atoms with Crippen molar-refractivity contribution in [2.45, 2.75) is 31.5 Å². The highest BCUT2D eigenvalue weighted by Gasteiger charge is 2.43. The fourth-order valence-electron chi connectivity index (χ4n) is 4.31. The van der Waals surface area contributed by atoms with E-state index in [9.17, 15) is 4.79 Å². The molecule has 5 rings (SSSR count). The molecule has 0 spiro atoms. The number of esters is 1. The number of rotatable bonds is 9. The Balaban J connectivity index is 1.08. The van der Waals surface area contributed by atoms with Gasteiger partial charge in [-0.15, -0.1) is 0 Å². The number of fused-ring (bicyclic) bond motifs is 1. The molecule has 3 atom stereocenters. The second kappa shape index (κ2) is 10.3. The number of hydrogen-bond donors (Lipinski definition) is 0. The zero-order chi connectivity index (χ0) is 23.3. The third kappa shape index (κ3) is 5.58. The number of benzene rings is 3. The van der Waals surface area contributed by atoms with Crippen LogP contribution in [-0.2, 0) is 9.47 Å². The molecule has 2 fully saturated rings. The third-order valence-electron chi connectivity index (χ3n) is 6.35. The van der Waals surface area contributed by atoms with Crippen LogP contribution in [0.3, 0.4) is 0 Å². The maximum atomic E-state index is 12.5. The molecule has 3 aromatic rings. The Kier molecular flexibility index (Phi) is 6.79. The molecule has 1 saturated carbocycles. The van der Waals surface area contributed by atoms with Gasteiger partial charge < -0.3 is 23.7 Å². The van der Waals surface area contributed by atoms with Gasteiger partial charge in [-0.3, -0.25) is 0 Å². The first-order chi connectivity index (χ1) is 16.7. The molecule has 6 heteroatoms. The minimum Gasteiger partial charge on any atom is -0.497 e. The van der Waals surface area contributed by atoms with Gasteiger partial charge >= 0.3 is 5.97 Å². The van der Waals surface area contributed by atoms with Crippen molar-refractivity contribution in [2.75, 3.05) is 20.5 Å². The number of methoxy groups -OCH3 is 1. The van der Waals surface area contributed by atoms with Crippen molar-refractivity contribution in [1.82, 2.24) is 0 Å². The molecular weight excluding hydrogens is 432 g/mol. The first kappa shape index (κ1) is 22.4. The second-order valence-corrected chi connectivity index (χ2v) is 8.69. The molecule has 1 aliphatic carbocycles. The molecule has 3 aromatic carbocycles. The van der Waals surface area contributed by atoms with E-state index in [4.69, 9.17) is 23.7 Å². The second-order valence-electron chi connectivity index (χ2n) is 8.69. The molecule has 3 unspecified atom stereocenters. The van der Waals surface area contributed by atoms with Gasteiger partial charge in [-0.1, -0.05) is 24.3 Å². The van der Waals surface area contributed by atoms with E-state index >= 15 is 0 Å². The van der Waals surface area contributed by atoms with Crippen LogP contribution in [0.1, 0.15) is 29.6 Å². The fourth-order valence-corrected chi connectivity index (χ4v) is 4.31. The van der Waals surface area contributed by atoms with E-state index in [0.29, 0.717) is 41.8 Å². The van der Waals surface area contributed by atoms with Gasteiger partial charge in [0.25, 0.3) is 0 Å². The highest BCUT2D eigenvalue weighted by molar-refractivity contribution is 5.91. The topological polar surface area (TPSA) is 66.5 Å². The zero-order valence-corrected chi connectivity index (χ0v) is 19.1. The predicted octanol–water partition coefficient (Wildman–Crippen LogP) is 5.50. The van der Waals surface area contributed by atoms with Crippen LogP contribution in [0.5, 0.6) is 17.2 Å². The van der Waals surface area contributed by atoms with Crippen LogP contribution in [-0.4, -0.2) is 38.7 Å². The number of ether oxygens (including phenoxy) is 5. The van der Waals surface area contributed by atoms with Crippen molar-refractivity contribution >= 4 is 5.97 Å². The van der Waals surface area contributed by atoms with Gasteiger partial charge in [0, 0.05) is 0 Å². The summed E-state index contributed by atoms with van der Waals surface area (Å²) < 4.78 is 27.6. The summed E-state index contributed by atoms with van der Waals surface area (Å²) in [6.45, 7) is 0.879. The van der Waals surface area contributed by atoms with Crippen molar-refractivity contribution < 1.29 is 28.5 Å². The molecule has 0 aromatic heterocycles. The Labute approximate surface area is 199 Å². The molecule has 34 heavy (non-hydrogen) atoms. The molecule has 0 amide bonds. The van der Waals surface area contributed by atoms with E-state index in [1.807, 2.05) is 36.4 Å². The first-order valence-electron chi connectivity index (χ1n) is 11.6. The summed E-state index contributed by atoms with van der Waals surface area (Å²) in [6.07, 6.45) is 4.36. The van der Waals surface area contributed by atoms with Crippen molar-refractivity contribution in [1.29, 1.82) is 0 Å². The largest absolute Gasteiger partial charge is 0.497 e. The van der Waals surface area contributed by atoms with Crippen LogP contribution < -0.4 is 14.2 Å². The molecule has 1 saturated heterocycles. The van der Waals surface area contributed by atoms with Gasteiger partial charge in [0.15, 0.2) is 6.79 Å². The summed E-state index contributed by atoms with van der Waals surface area (Å²) in [5.41, 5.74) is 2.54. The van der Waals surface area contributed by atoms with Gasteiger partial charge in [-0.05, 0) is 84.8 Å².